The molecule has 0 amide bonds. The molecule has 0 bridgehead atoms. The lowest BCUT2D eigenvalue weighted by Gasteiger charge is -2.44. The van der Waals surface area contributed by atoms with Gasteiger partial charge in [-0.05, 0) is 88.6 Å². The molecule has 6 heterocycles. The fourth-order valence-corrected chi connectivity index (χ4v) is 7.55. The number of rotatable bonds is 5. The highest BCUT2D eigenvalue weighted by Crippen LogP contribution is 2.53. The molecule has 11 nitrogen and oxygen atoms in total. The van der Waals surface area contributed by atoms with Gasteiger partial charge in [0.15, 0.2) is 11.0 Å². The Kier molecular flexibility index (Phi) is 7.65. The third-order valence-corrected chi connectivity index (χ3v) is 9.97. The lowest BCUT2D eigenvalue weighted by molar-refractivity contribution is -0.170. The smallest absolute Gasteiger partial charge is 0.341 e. The van der Waals surface area contributed by atoms with Crippen molar-refractivity contribution in [2.75, 3.05) is 11.5 Å². The Hall–Kier alpha value is -4.64. The van der Waals surface area contributed by atoms with Gasteiger partial charge in [0.1, 0.15) is 51.6 Å². The molecular formula is C37H42N4O7. The number of benzene rings is 1. The zero-order chi connectivity index (χ0) is 34.1. The average molecular weight is 655 g/mol. The number of nitrogens with zero attached hydrogens (tertiary/aromatic N) is 2. The lowest BCUT2D eigenvalue weighted by atomic mass is 9.77. The lowest BCUT2D eigenvalue weighted by Crippen LogP contribution is -2.52. The first-order valence-electron chi connectivity index (χ1n) is 16.7. The van der Waals surface area contributed by atoms with Crippen LogP contribution in [-0.4, -0.2) is 44.5 Å². The molecule has 48 heavy (non-hydrogen) atoms. The van der Waals surface area contributed by atoms with E-state index in [2.05, 4.69) is 23.8 Å². The van der Waals surface area contributed by atoms with Gasteiger partial charge in [0.25, 0.3) is 0 Å². The SMILES string of the molecule is Cc1cc(=O)c2c(O)c3c(cc2o1)OC(C)(C)[C@@H]1OC(=O)[C@@]2(CCCC[C@H]31)O[C@@H]2CCc1cc(N)nc(-c2cc(N)nc(C(C)C)c2)c1. The van der Waals surface area contributed by atoms with Crippen molar-refractivity contribution in [1.82, 2.24) is 9.97 Å². The van der Waals surface area contributed by atoms with Gasteiger partial charge < -0.3 is 35.2 Å². The number of carbonyl (C=O) groups excluding carboxylic acids is 1. The van der Waals surface area contributed by atoms with Crippen molar-refractivity contribution >= 4 is 28.6 Å². The molecule has 2 fully saturated rings. The molecule has 0 radical (unpaired) electrons. The highest BCUT2D eigenvalue weighted by atomic mass is 16.7. The minimum atomic E-state index is -1.05. The fraction of sp³-hybridized carbons (Fsp3) is 0.459. The number of nitrogen functional groups attached to an aromatic ring is 2. The number of hydrogen-bond acceptors (Lipinski definition) is 11. The van der Waals surface area contributed by atoms with Crippen LogP contribution < -0.4 is 21.6 Å². The van der Waals surface area contributed by atoms with Crippen LogP contribution in [0.1, 0.15) is 94.2 Å². The molecule has 7 rings (SSSR count). The largest absolute Gasteiger partial charge is 0.507 e. The third kappa shape index (κ3) is 5.53. The number of aromatic hydroxyl groups is 1. The van der Waals surface area contributed by atoms with Crippen molar-refractivity contribution in [3.8, 4) is 22.8 Å². The molecule has 2 saturated heterocycles. The van der Waals surface area contributed by atoms with Crippen LogP contribution in [0.15, 0.2) is 45.6 Å². The van der Waals surface area contributed by atoms with Crippen LogP contribution in [-0.2, 0) is 20.7 Å². The molecule has 3 aromatic heterocycles. The van der Waals surface area contributed by atoms with E-state index < -0.39 is 23.3 Å². The molecule has 0 unspecified atom stereocenters. The average Bonchev–Trinajstić information content (AvgIpc) is 3.70. The minimum absolute atomic E-state index is 0.0994. The molecule has 4 aromatic rings. The minimum Gasteiger partial charge on any atom is -0.507 e. The normalized spacial score (nSPS) is 24.6. The van der Waals surface area contributed by atoms with Gasteiger partial charge in [-0.25, -0.2) is 14.8 Å². The number of nitrogens with two attached hydrogens (primary N) is 2. The summed E-state index contributed by atoms with van der Waals surface area (Å²) in [5.41, 5.74) is 14.2. The maximum absolute atomic E-state index is 14.0. The number of fused-ring (bicyclic) bond motifs is 4. The Morgan fingerprint density at radius 3 is 2.56 bits per heavy atom. The molecule has 1 spiro atoms. The predicted molar refractivity (Wildman–Crippen MR) is 181 cm³/mol. The monoisotopic (exact) mass is 654 g/mol. The number of esters is 1. The summed E-state index contributed by atoms with van der Waals surface area (Å²) in [7, 11) is 0. The Morgan fingerprint density at radius 2 is 1.79 bits per heavy atom. The van der Waals surface area contributed by atoms with Gasteiger partial charge in [0, 0.05) is 34.9 Å². The Labute approximate surface area is 278 Å². The van der Waals surface area contributed by atoms with E-state index in [1.165, 1.54) is 6.07 Å². The van der Waals surface area contributed by atoms with E-state index in [1.807, 2.05) is 32.0 Å². The molecule has 0 saturated carbocycles. The van der Waals surface area contributed by atoms with Crippen molar-refractivity contribution in [3.05, 3.63) is 69.2 Å². The maximum Gasteiger partial charge on any atom is 0.341 e. The Balaban J connectivity index is 1.12. The van der Waals surface area contributed by atoms with Crippen molar-refractivity contribution in [2.45, 2.75) is 108 Å². The number of pyridine rings is 2. The van der Waals surface area contributed by atoms with Crippen LogP contribution in [0.25, 0.3) is 22.2 Å². The number of epoxide rings is 1. The van der Waals surface area contributed by atoms with Gasteiger partial charge in [-0.3, -0.25) is 4.79 Å². The first-order valence-corrected chi connectivity index (χ1v) is 16.7. The van der Waals surface area contributed by atoms with Gasteiger partial charge in [0.2, 0.25) is 0 Å². The molecule has 5 N–H and O–H groups in total. The number of phenolic OH excluding ortho intramolecular Hbond substituents is 1. The highest BCUT2D eigenvalue weighted by molar-refractivity contribution is 5.88. The summed E-state index contributed by atoms with van der Waals surface area (Å²) >= 11 is 0. The summed E-state index contributed by atoms with van der Waals surface area (Å²) in [6, 6.07) is 10.6. The van der Waals surface area contributed by atoms with Crippen molar-refractivity contribution in [2.24, 2.45) is 0 Å². The van der Waals surface area contributed by atoms with Gasteiger partial charge >= 0.3 is 5.97 Å². The van der Waals surface area contributed by atoms with E-state index in [9.17, 15) is 14.7 Å². The van der Waals surface area contributed by atoms with Crippen LogP contribution in [0.2, 0.25) is 0 Å². The highest BCUT2D eigenvalue weighted by Gasteiger charge is 2.64. The van der Waals surface area contributed by atoms with E-state index in [0.29, 0.717) is 60.1 Å². The van der Waals surface area contributed by atoms with E-state index in [1.54, 1.807) is 19.1 Å². The van der Waals surface area contributed by atoms with E-state index in [-0.39, 0.29) is 40.1 Å². The molecule has 3 aliphatic heterocycles. The van der Waals surface area contributed by atoms with Crippen molar-refractivity contribution in [3.63, 3.8) is 0 Å². The van der Waals surface area contributed by atoms with Gasteiger partial charge in [-0.2, -0.15) is 0 Å². The summed E-state index contributed by atoms with van der Waals surface area (Å²) in [5, 5.41) is 11.5. The van der Waals surface area contributed by atoms with Crippen molar-refractivity contribution in [1.29, 1.82) is 0 Å². The Morgan fingerprint density at radius 1 is 1.02 bits per heavy atom. The first kappa shape index (κ1) is 31.9. The summed E-state index contributed by atoms with van der Waals surface area (Å²) in [6.07, 6.45) is 2.82. The molecule has 4 atom stereocenters. The number of phenols is 1. The molecule has 3 aliphatic rings. The number of carbonyl (C=O) groups is 1. The third-order valence-electron chi connectivity index (χ3n) is 9.97. The van der Waals surface area contributed by atoms with E-state index in [0.717, 1.165) is 29.7 Å². The number of anilines is 2. The topological polar surface area (TPSA) is 176 Å². The second-order valence-corrected chi connectivity index (χ2v) is 14.3. The second-order valence-electron chi connectivity index (χ2n) is 14.3. The molecular weight excluding hydrogens is 612 g/mol. The standard InChI is InChI=1S/C37H42N4O7/c1-18(2)23-15-21(16-30(39)40-23)24-13-20(14-29(38)41-24)9-10-28-37(48-28)11-7-6-8-22-31-27(47-36(4,5)34(22)46-35(37)44)17-26-32(33(31)43)25(42)12-19(3)45-26/h12-18,22,28,34,43H,6-11H2,1-5H3,(H2,38,41)(H2,39,40)/t22-,28-,34-,37+/m1/s1. The van der Waals surface area contributed by atoms with E-state index >= 15 is 0 Å². The molecule has 1 aromatic carbocycles. The number of aryl methyl sites for hydroxylation is 2. The molecule has 0 aliphatic carbocycles. The number of ether oxygens (including phenoxy) is 3. The van der Waals surface area contributed by atoms with Crippen LogP contribution in [0.3, 0.4) is 0 Å². The quantitative estimate of drug-likeness (QED) is 0.168. The summed E-state index contributed by atoms with van der Waals surface area (Å²) in [4.78, 5) is 35.9. The molecule has 11 heteroatoms. The van der Waals surface area contributed by atoms with Crippen LogP contribution in [0.4, 0.5) is 11.6 Å². The predicted octanol–water partition coefficient (Wildman–Crippen LogP) is 6.06. The second kappa shape index (κ2) is 11.5. The van der Waals surface area contributed by atoms with Gasteiger partial charge in [-0.1, -0.05) is 20.3 Å². The number of hydrogen-bond donors (Lipinski definition) is 3. The van der Waals surface area contributed by atoms with Crippen LogP contribution in [0.5, 0.6) is 11.5 Å². The van der Waals surface area contributed by atoms with E-state index in [4.69, 9.17) is 30.1 Å². The molecule has 252 valence electrons. The van der Waals surface area contributed by atoms with Crippen LogP contribution >= 0.6 is 0 Å². The van der Waals surface area contributed by atoms with Crippen LogP contribution in [0, 0.1) is 6.92 Å². The maximum atomic E-state index is 14.0. The summed E-state index contributed by atoms with van der Waals surface area (Å²) < 4.78 is 24.7. The summed E-state index contributed by atoms with van der Waals surface area (Å²) in [5.74, 6) is 0.894. The zero-order valence-electron chi connectivity index (χ0n) is 28.0. The van der Waals surface area contributed by atoms with Gasteiger partial charge in [0.05, 0.1) is 11.8 Å². The zero-order valence-corrected chi connectivity index (χ0v) is 28.0. The number of aromatic nitrogens is 2. The first-order chi connectivity index (χ1) is 22.8. The fourth-order valence-electron chi connectivity index (χ4n) is 7.55. The Bertz CT molecular complexity index is 2000. The van der Waals surface area contributed by atoms with Gasteiger partial charge in [-0.15, -0.1) is 0 Å². The van der Waals surface area contributed by atoms with Crippen molar-refractivity contribution < 1.29 is 28.5 Å². The summed E-state index contributed by atoms with van der Waals surface area (Å²) in [6.45, 7) is 9.55.